The number of carbonyl (C=O) groups is 2. The van der Waals surface area contributed by atoms with E-state index in [2.05, 4.69) is 15.3 Å². The molecule has 1 aliphatic heterocycles. The Balaban J connectivity index is 1.43. The summed E-state index contributed by atoms with van der Waals surface area (Å²) in [6.45, 7) is 3.29. The van der Waals surface area contributed by atoms with Crippen molar-refractivity contribution in [3.63, 3.8) is 0 Å². The molecule has 27 heavy (non-hydrogen) atoms. The van der Waals surface area contributed by atoms with Gasteiger partial charge in [-0.25, -0.2) is 4.98 Å². The minimum atomic E-state index is -0.583. The molecule has 1 saturated heterocycles. The van der Waals surface area contributed by atoms with E-state index < -0.39 is 6.04 Å². The van der Waals surface area contributed by atoms with Crippen LogP contribution in [0, 0.1) is 5.41 Å². The highest BCUT2D eigenvalue weighted by molar-refractivity contribution is 6.36. The highest BCUT2D eigenvalue weighted by Crippen LogP contribution is 2.53. The van der Waals surface area contributed by atoms with Gasteiger partial charge >= 0.3 is 0 Å². The second-order valence-electron chi connectivity index (χ2n) is 7.61. The van der Waals surface area contributed by atoms with Gasteiger partial charge in [0, 0.05) is 18.5 Å². The van der Waals surface area contributed by atoms with Crippen molar-refractivity contribution in [2.24, 2.45) is 5.41 Å². The van der Waals surface area contributed by atoms with Crippen LogP contribution in [0.1, 0.15) is 43.1 Å². The molecule has 0 unspecified atom stereocenters. The molecule has 2 aliphatic rings. The summed E-state index contributed by atoms with van der Waals surface area (Å²) in [5, 5.41) is 3.78. The fourth-order valence-electron chi connectivity index (χ4n) is 3.80. The number of carbonyl (C=O) groups excluding carboxylic acids is 2. The van der Waals surface area contributed by atoms with E-state index in [1.165, 1.54) is 20.0 Å². The van der Waals surface area contributed by atoms with Gasteiger partial charge in [-0.3, -0.25) is 9.59 Å². The third-order valence-corrected chi connectivity index (χ3v) is 6.20. The molecule has 2 amide bonds. The maximum Gasteiger partial charge on any atom is 0.268 e. The van der Waals surface area contributed by atoms with E-state index in [1.54, 1.807) is 19.2 Å². The number of pyridine rings is 1. The van der Waals surface area contributed by atoms with Crippen molar-refractivity contribution < 1.29 is 14.3 Å². The zero-order chi connectivity index (χ0) is 19.2. The summed E-state index contributed by atoms with van der Waals surface area (Å²) in [6.07, 6.45) is 6.31. The maximum atomic E-state index is 12.7. The van der Waals surface area contributed by atoms with E-state index in [0.717, 1.165) is 25.9 Å². The number of likely N-dealkylation sites (tertiary alicyclic amines) is 1. The van der Waals surface area contributed by atoms with E-state index in [4.69, 9.17) is 16.3 Å². The molecule has 0 bridgehead atoms. The molecule has 2 aromatic heterocycles. The van der Waals surface area contributed by atoms with Gasteiger partial charge in [0.25, 0.3) is 5.91 Å². The number of rotatable bonds is 4. The molecule has 7 nitrogen and oxygen atoms in total. The van der Waals surface area contributed by atoms with Crippen LogP contribution in [0.4, 0.5) is 0 Å². The summed E-state index contributed by atoms with van der Waals surface area (Å²) in [5.74, 6) is -0.0775. The van der Waals surface area contributed by atoms with Crippen LogP contribution in [0.3, 0.4) is 0 Å². The van der Waals surface area contributed by atoms with Crippen LogP contribution in [-0.4, -0.2) is 52.9 Å². The molecule has 2 aromatic rings. The van der Waals surface area contributed by atoms with Crippen molar-refractivity contribution in [2.45, 2.75) is 38.6 Å². The van der Waals surface area contributed by atoms with Gasteiger partial charge in [-0.15, -0.1) is 0 Å². The zero-order valence-electron chi connectivity index (χ0n) is 15.5. The van der Waals surface area contributed by atoms with Crippen LogP contribution >= 0.6 is 11.6 Å². The minimum Gasteiger partial charge on any atom is -0.480 e. The predicted molar refractivity (Wildman–Crippen MR) is 102 cm³/mol. The van der Waals surface area contributed by atoms with Crippen molar-refractivity contribution in [3.8, 4) is 5.88 Å². The van der Waals surface area contributed by atoms with Crippen molar-refractivity contribution in [1.29, 1.82) is 0 Å². The number of aromatic amines is 1. The second-order valence-corrected chi connectivity index (χ2v) is 7.99. The first-order valence-corrected chi connectivity index (χ1v) is 9.61. The Labute approximate surface area is 162 Å². The lowest BCUT2D eigenvalue weighted by atomic mass is 9.93. The predicted octanol–water partition coefficient (Wildman–Crippen LogP) is 2.75. The van der Waals surface area contributed by atoms with E-state index in [1.807, 2.05) is 4.90 Å². The average molecular weight is 391 g/mol. The lowest BCUT2D eigenvalue weighted by Gasteiger charge is -2.33. The smallest absolute Gasteiger partial charge is 0.268 e. The molecule has 1 spiro atoms. The SMILES string of the molecule is COc1ncc2[nH]c(C(=O)N[C@@H](C)C(=O)N3CCC4(CC3)CC4)cc2c1Cl. The normalized spacial score (nSPS) is 19.1. The lowest BCUT2D eigenvalue weighted by molar-refractivity contribution is -0.134. The van der Waals surface area contributed by atoms with Gasteiger partial charge in [0.05, 0.1) is 18.8 Å². The summed E-state index contributed by atoms with van der Waals surface area (Å²) in [6, 6.07) is 1.06. The Morgan fingerprint density at radius 3 is 2.67 bits per heavy atom. The molecular weight excluding hydrogens is 368 g/mol. The maximum absolute atomic E-state index is 12.7. The molecule has 1 saturated carbocycles. The first kappa shape index (κ1) is 18.1. The number of nitrogens with zero attached hydrogens (tertiary/aromatic N) is 2. The molecule has 2 N–H and O–H groups in total. The number of piperidine rings is 1. The summed E-state index contributed by atoms with van der Waals surface area (Å²) >= 11 is 6.25. The zero-order valence-corrected chi connectivity index (χ0v) is 16.2. The van der Waals surface area contributed by atoms with Crippen LogP contribution in [0.2, 0.25) is 5.02 Å². The number of ether oxygens (including phenoxy) is 1. The third-order valence-electron chi connectivity index (χ3n) is 5.83. The summed E-state index contributed by atoms with van der Waals surface area (Å²) in [5.41, 5.74) is 1.48. The van der Waals surface area contributed by atoms with Crippen molar-refractivity contribution in [1.82, 2.24) is 20.2 Å². The molecule has 8 heteroatoms. The monoisotopic (exact) mass is 390 g/mol. The Morgan fingerprint density at radius 1 is 1.33 bits per heavy atom. The van der Waals surface area contributed by atoms with Gasteiger partial charge in [-0.1, -0.05) is 11.6 Å². The molecule has 0 radical (unpaired) electrons. The molecule has 1 atom stereocenters. The van der Waals surface area contributed by atoms with E-state index in [9.17, 15) is 9.59 Å². The van der Waals surface area contributed by atoms with Crippen LogP contribution in [0.15, 0.2) is 12.3 Å². The van der Waals surface area contributed by atoms with Gasteiger partial charge in [0.2, 0.25) is 11.8 Å². The molecule has 144 valence electrons. The van der Waals surface area contributed by atoms with Gasteiger partial charge in [-0.05, 0) is 44.1 Å². The van der Waals surface area contributed by atoms with Gasteiger partial charge in [0.15, 0.2) is 0 Å². The molecule has 2 fully saturated rings. The number of methoxy groups -OCH3 is 1. The molecule has 3 heterocycles. The largest absolute Gasteiger partial charge is 0.480 e. The van der Waals surface area contributed by atoms with Gasteiger partial charge in [0.1, 0.15) is 16.8 Å². The van der Waals surface area contributed by atoms with E-state index in [-0.39, 0.29) is 11.8 Å². The number of hydrogen-bond acceptors (Lipinski definition) is 4. The van der Waals surface area contributed by atoms with Crippen molar-refractivity contribution >= 4 is 34.3 Å². The number of nitrogens with one attached hydrogen (secondary N) is 2. The Morgan fingerprint density at radius 2 is 2.04 bits per heavy atom. The Kier molecular flexibility index (Phi) is 4.50. The Bertz CT molecular complexity index is 896. The van der Waals surface area contributed by atoms with E-state index >= 15 is 0 Å². The third kappa shape index (κ3) is 3.36. The summed E-state index contributed by atoms with van der Waals surface area (Å²) in [7, 11) is 1.49. The van der Waals surface area contributed by atoms with Crippen molar-refractivity contribution in [2.75, 3.05) is 20.2 Å². The van der Waals surface area contributed by atoms with E-state index in [0.29, 0.717) is 32.9 Å². The molecule has 4 rings (SSSR count). The number of hydrogen-bond donors (Lipinski definition) is 2. The van der Waals surface area contributed by atoms with Gasteiger partial charge < -0.3 is 19.9 Å². The molecule has 1 aliphatic carbocycles. The fraction of sp³-hybridized carbons (Fsp3) is 0.526. The van der Waals surface area contributed by atoms with Crippen LogP contribution in [-0.2, 0) is 4.79 Å². The fourth-order valence-corrected chi connectivity index (χ4v) is 4.08. The highest BCUT2D eigenvalue weighted by atomic mass is 35.5. The second kappa shape index (κ2) is 6.71. The number of halogens is 1. The first-order valence-electron chi connectivity index (χ1n) is 9.23. The number of aromatic nitrogens is 2. The Hall–Kier alpha value is -2.28. The number of amides is 2. The number of H-pyrrole nitrogens is 1. The lowest BCUT2D eigenvalue weighted by Crippen LogP contribution is -2.49. The average Bonchev–Trinajstić information content (AvgIpc) is 3.26. The highest BCUT2D eigenvalue weighted by Gasteiger charge is 2.45. The van der Waals surface area contributed by atoms with Crippen molar-refractivity contribution in [3.05, 3.63) is 23.0 Å². The van der Waals surface area contributed by atoms with Crippen LogP contribution in [0.25, 0.3) is 10.9 Å². The quantitative estimate of drug-likeness (QED) is 0.840. The topological polar surface area (TPSA) is 87.3 Å². The van der Waals surface area contributed by atoms with Crippen LogP contribution in [0.5, 0.6) is 5.88 Å². The minimum absolute atomic E-state index is 0.0312. The summed E-state index contributed by atoms with van der Waals surface area (Å²) in [4.78, 5) is 34.2. The standard InChI is InChI=1S/C19H23ClN4O3/c1-11(18(26)24-7-5-19(3-4-19)6-8-24)22-16(25)13-9-12-14(23-13)10-21-17(27-2)15(12)20/h9-11,23H,3-8H2,1-2H3,(H,22,25)/t11-/m0/s1. The van der Waals surface area contributed by atoms with Crippen LogP contribution < -0.4 is 10.1 Å². The first-order chi connectivity index (χ1) is 12.9. The number of fused-ring (bicyclic) bond motifs is 1. The summed E-state index contributed by atoms with van der Waals surface area (Å²) < 4.78 is 5.10. The molecule has 0 aromatic carbocycles. The van der Waals surface area contributed by atoms with Gasteiger partial charge in [-0.2, -0.15) is 0 Å². The molecular formula is C19H23ClN4O3.